The van der Waals surface area contributed by atoms with Crippen LogP contribution in [0.25, 0.3) is 0 Å². The van der Waals surface area contributed by atoms with E-state index in [0.717, 1.165) is 36.1 Å². The van der Waals surface area contributed by atoms with E-state index >= 15 is 0 Å². The SMILES string of the molecule is CCOC(=O)c1c(NC(=O)c2cccc(OC(C)=O)c2)sc2c1CCC(C(C)(C)CC)C2. The predicted molar refractivity (Wildman–Crippen MR) is 126 cm³/mol. The Labute approximate surface area is 193 Å². The van der Waals surface area contributed by atoms with Crippen molar-refractivity contribution in [3.8, 4) is 5.75 Å². The van der Waals surface area contributed by atoms with Gasteiger partial charge in [-0.15, -0.1) is 11.3 Å². The van der Waals surface area contributed by atoms with Crippen LogP contribution in [0.4, 0.5) is 5.00 Å². The number of benzene rings is 1. The van der Waals surface area contributed by atoms with E-state index in [1.807, 2.05) is 0 Å². The second-order valence-electron chi connectivity index (χ2n) is 8.79. The molecule has 6 nitrogen and oxygen atoms in total. The van der Waals surface area contributed by atoms with Crippen LogP contribution >= 0.6 is 11.3 Å². The Bertz CT molecular complexity index is 1020. The van der Waals surface area contributed by atoms with Gasteiger partial charge in [0.1, 0.15) is 10.8 Å². The molecule has 1 atom stereocenters. The largest absolute Gasteiger partial charge is 0.462 e. The van der Waals surface area contributed by atoms with Crippen molar-refractivity contribution in [3.05, 3.63) is 45.8 Å². The highest BCUT2D eigenvalue weighted by molar-refractivity contribution is 7.17. The van der Waals surface area contributed by atoms with Crippen LogP contribution in [0.1, 0.15) is 78.6 Å². The van der Waals surface area contributed by atoms with E-state index in [-0.39, 0.29) is 17.9 Å². The van der Waals surface area contributed by atoms with E-state index in [4.69, 9.17) is 9.47 Å². The molecule has 1 aliphatic rings. The molecule has 1 aromatic heterocycles. The number of anilines is 1. The lowest BCUT2D eigenvalue weighted by Gasteiger charge is -2.36. The molecule has 2 aromatic rings. The summed E-state index contributed by atoms with van der Waals surface area (Å²) in [5.74, 6) is -0.401. The lowest BCUT2D eigenvalue weighted by molar-refractivity contribution is -0.131. The number of carbonyl (C=O) groups excluding carboxylic acids is 3. The van der Waals surface area contributed by atoms with Crippen molar-refractivity contribution in [3.63, 3.8) is 0 Å². The second kappa shape index (κ2) is 9.86. The number of carbonyl (C=O) groups is 3. The first-order valence-corrected chi connectivity index (χ1v) is 11.9. The van der Waals surface area contributed by atoms with Crippen molar-refractivity contribution in [1.29, 1.82) is 0 Å². The van der Waals surface area contributed by atoms with Crippen molar-refractivity contribution in [1.82, 2.24) is 0 Å². The molecule has 3 rings (SSSR count). The molecule has 0 fully saturated rings. The van der Waals surface area contributed by atoms with Crippen LogP contribution < -0.4 is 10.1 Å². The van der Waals surface area contributed by atoms with Crippen molar-refractivity contribution in [2.45, 2.75) is 60.3 Å². The van der Waals surface area contributed by atoms with Crippen LogP contribution in [-0.2, 0) is 22.4 Å². The molecule has 1 amide bonds. The van der Waals surface area contributed by atoms with Gasteiger partial charge in [0.2, 0.25) is 0 Å². The molecule has 1 aromatic carbocycles. The number of amides is 1. The van der Waals surface area contributed by atoms with Gasteiger partial charge in [0.05, 0.1) is 12.2 Å². The van der Waals surface area contributed by atoms with Crippen LogP contribution in [0.15, 0.2) is 24.3 Å². The zero-order valence-electron chi connectivity index (χ0n) is 19.4. The monoisotopic (exact) mass is 457 g/mol. The molecule has 7 heteroatoms. The fourth-order valence-electron chi connectivity index (χ4n) is 4.09. The van der Waals surface area contributed by atoms with E-state index < -0.39 is 11.9 Å². The first-order valence-electron chi connectivity index (χ1n) is 11.1. The van der Waals surface area contributed by atoms with E-state index in [1.54, 1.807) is 25.1 Å². The highest BCUT2D eigenvalue weighted by Crippen LogP contribution is 2.45. The third kappa shape index (κ3) is 5.21. The quantitative estimate of drug-likeness (QED) is 0.430. The zero-order valence-corrected chi connectivity index (χ0v) is 20.2. The second-order valence-corrected chi connectivity index (χ2v) is 9.89. The minimum Gasteiger partial charge on any atom is -0.462 e. The maximum Gasteiger partial charge on any atom is 0.341 e. The molecule has 32 heavy (non-hydrogen) atoms. The summed E-state index contributed by atoms with van der Waals surface area (Å²) in [6.45, 7) is 10.1. The van der Waals surface area contributed by atoms with Crippen LogP contribution in [0.2, 0.25) is 0 Å². The number of nitrogens with one attached hydrogen (secondary N) is 1. The Morgan fingerprint density at radius 2 is 1.97 bits per heavy atom. The number of rotatable bonds is 7. The van der Waals surface area contributed by atoms with Gasteiger partial charge in [0, 0.05) is 17.4 Å². The first kappa shape index (κ1) is 24.0. The third-order valence-corrected chi connectivity index (χ3v) is 7.52. The van der Waals surface area contributed by atoms with E-state index in [0.29, 0.717) is 27.8 Å². The van der Waals surface area contributed by atoms with Gasteiger partial charge in [-0.3, -0.25) is 9.59 Å². The molecule has 172 valence electrons. The third-order valence-electron chi connectivity index (χ3n) is 6.35. The normalized spacial score (nSPS) is 15.6. The fraction of sp³-hybridized carbons (Fsp3) is 0.480. The van der Waals surface area contributed by atoms with Gasteiger partial charge >= 0.3 is 11.9 Å². The minimum absolute atomic E-state index is 0.215. The number of esters is 2. The maximum atomic E-state index is 13.0. The molecule has 0 bridgehead atoms. The van der Waals surface area contributed by atoms with Crippen LogP contribution in [0.5, 0.6) is 5.75 Å². The molecule has 0 spiro atoms. The Morgan fingerprint density at radius 3 is 2.62 bits per heavy atom. The Balaban J connectivity index is 1.92. The molecule has 0 aliphatic heterocycles. The highest BCUT2D eigenvalue weighted by atomic mass is 32.1. The summed E-state index contributed by atoms with van der Waals surface area (Å²) in [5, 5.41) is 3.43. The van der Waals surface area contributed by atoms with Gasteiger partial charge in [-0.1, -0.05) is 33.3 Å². The average Bonchev–Trinajstić information content (AvgIpc) is 3.10. The molecular formula is C25H31NO5S. The smallest absolute Gasteiger partial charge is 0.341 e. The Hall–Kier alpha value is -2.67. The van der Waals surface area contributed by atoms with Crippen molar-refractivity contribution < 1.29 is 23.9 Å². The number of hydrogen-bond donors (Lipinski definition) is 1. The van der Waals surface area contributed by atoms with Crippen LogP contribution in [-0.4, -0.2) is 24.5 Å². The summed E-state index contributed by atoms with van der Waals surface area (Å²) < 4.78 is 10.4. The fourth-order valence-corrected chi connectivity index (χ4v) is 5.40. The first-order chi connectivity index (χ1) is 15.2. The lowest BCUT2D eigenvalue weighted by Crippen LogP contribution is -2.28. The van der Waals surface area contributed by atoms with E-state index in [9.17, 15) is 14.4 Å². The number of ether oxygens (including phenoxy) is 2. The van der Waals surface area contributed by atoms with Gasteiger partial charge in [-0.2, -0.15) is 0 Å². The molecule has 0 saturated carbocycles. The zero-order chi connectivity index (χ0) is 23.5. The molecule has 0 saturated heterocycles. The number of fused-ring (bicyclic) bond motifs is 1. The molecular weight excluding hydrogens is 426 g/mol. The molecule has 1 heterocycles. The number of thiophene rings is 1. The van der Waals surface area contributed by atoms with Crippen molar-refractivity contribution in [2.75, 3.05) is 11.9 Å². The van der Waals surface area contributed by atoms with Gasteiger partial charge in [-0.25, -0.2) is 4.79 Å². The molecule has 1 N–H and O–H groups in total. The summed E-state index contributed by atoms with van der Waals surface area (Å²) in [4.78, 5) is 38.1. The van der Waals surface area contributed by atoms with E-state index in [2.05, 4.69) is 26.1 Å². The number of hydrogen-bond acceptors (Lipinski definition) is 6. The Kier molecular flexibility index (Phi) is 7.39. The van der Waals surface area contributed by atoms with Gasteiger partial charge in [-0.05, 0) is 61.3 Å². The van der Waals surface area contributed by atoms with Crippen molar-refractivity contribution >= 4 is 34.2 Å². The predicted octanol–water partition coefficient (Wildman–Crippen LogP) is 5.64. The van der Waals surface area contributed by atoms with Gasteiger partial charge in [0.25, 0.3) is 5.91 Å². The highest BCUT2D eigenvalue weighted by Gasteiger charge is 2.35. The standard InChI is InChI=1S/C25H31NO5S/c1-6-25(4,5)17-11-12-19-20(14-17)32-23(21(19)24(29)30-7-2)26-22(28)16-9-8-10-18(13-16)31-15(3)27/h8-10,13,17H,6-7,11-12,14H2,1-5H3,(H,26,28). The van der Waals surface area contributed by atoms with Crippen LogP contribution in [0.3, 0.4) is 0 Å². The lowest BCUT2D eigenvalue weighted by atomic mass is 9.69. The summed E-state index contributed by atoms with van der Waals surface area (Å²) in [6.07, 6.45) is 3.79. The topological polar surface area (TPSA) is 81.7 Å². The summed E-state index contributed by atoms with van der Waals surface area (Å²) in [7, 11) is 0. The average molecular weight is 458 g/mol. The summed E-state index contributed by atoms with van der Waals surface area (Å²) in [5.41, 5.74) is 2.03. The van der Waals surface area contributed by atoms with Gasteiger partial charge in [0.15, 0.2) is 0 Å². The summed E-state index contributed by atoms with van der Waals surface area (Å²) >= 11 is 1.47. The van der Waals surface area contributed by atoms with Crippen LogP contribution in [0, 0.1) is 11.3 Å². The molecule has 1 unspecified atom stereocenters. The van der Waals surface area contributed by atoms with Gasteiger partial charge < -0.3 is 14.8 Å². The molecule has 1 aliphatic carbocycles. The summed E-state index contributed by atoms with van der Waals surface area (Å²) in [6, 6.07) is 6.41. The molecule has 0 radical (unpaired) electrons. The Morgan fingerprint density at radius 1 is 1.22 bits per heavy atom. The minimum atomic E-state index is -0.456. The van der Waals surface area contributed by atoms with E-state index in [1.165, 1.54) is 24.3 Å². The maximum absolute atomic E-state index is 13.0. The van der Waals surface area contributed by atoms with Crippen molar-refractivity contribution in [2.24, 2.45) is 11.3 Å².